The topological polar surface area (TPSA) is 0 Å². The lowest BCUT2D eigenvalue weighted by Gasteiger charge is -2.19. The van der Waals surface area contributed by atoms with Crippen LogP contribution in [0.25, 0.3) is 0 Å². The molecule has 0 heterocycles. The third kappa shape index (κ3) is 3.64. The molecular weight excluding hydrogens is 299 g/mol. The Balaban J connectivity index is 2.32. The van der Waals surface area contributed by atoms with Crippen molar-refractivity contribution < 1.29 is 22.0 Å². The van der Waals surface area contributed by atoms with E-state index in [1.54, 1.807) is 26.0 Å². The Kier molecular flexibility index (Phi) is 4.27. The number of aryl methyl sites for hydroxylation is 2. The van der Waals surface area contributed by atoms with E-state index in [4.69, 9.17) is 0 Å². The van der Waals surface area contributed by atoms with E-state index in [0.717, 1.165) is 23.8 Å². The Labute approximate surface area is 125 Å². The first-order valence-electron chi connectivity index (χ1n) is 6.58. The van der Waals surface area contributed by atoms with Crippen LogP contribution in [0, 0.1) is 20.3 Å². The summed E-state index contributed by atoms with van der Waals surface area (Å²) in [6, 6.07) is 8.39. The molecule has 5 heteroatoms. The third-order valence-corrected chi connectivity index (χ3v) is 3.30. The van der Waals surface area contributed by atoms with Gasteiger partial charge in [-0.15, -0.1) is 0 Å². The number of benzene rings is 2. The van der Waals surface area contributed by atoms with Crippen molar-refractivity contribution in [2.75, 3.05) is 0 Å². The molecule has 2 aromatic rings. The fraction of sp³-hybridized carbons (Fsp3) is 0.235. The number of hydrogen-bond donors (Lipinski definition) is 0. The average Bonchev–Trinajstić information content (AvgIpc) is 2.36. The fourth-order valence-corrected chi connectivity index (χ4v) is 2.28. The zero-order valence-electron chi connectivity index (χ0n) is 12.0. The largest absolute Gasteiger partial charge is 0.416 e. The molecule has 0 atom stereocenters. The lowest BCUT2D eigenvalue weighted by atomic mass is 9.95. The summed E-state index contributed by atoms with van der Waals surface area (Å²) in [5.41, 5.74) is -0.0858. The van der Waals surface area contributed by atoms with Gasteiger partial charge in [0.05, 0.1) is 12.0 Å². The minimum absolute atomic E-state index is 0.167. The van der Waals surface area contributed by atoms with Crippen LogP contribution in [0.3, 0.4) is 0 Å². The Morgan fingerprint density at radius 3 is 2.14 bits per heavy atom. The Bertz CT molecular complexity index is 671. The van der Waals surface area contributed by atoms with Crippen molar-refractivity contribution in [1.29, 1.82) is 0 Å². The molecule has 0 spiro atoms. The molecule has 22 heavy (non-hydrogen) atoms. The van der Waals surface area contributed by atoms with E-state index < -0.39 is 17.7 Å². The van der Waals surface area contributed by atoms with Gasteiger partial charge in [-0.25, -0.2) is 8.78 Å². The van der Waals surface area contributed by atoms with E-state index in [1.165, 1.54) is 12.1 Å². The van der Waals surface area contributed by atoms with Gasteiger partial charge in [-0.3, -0.25) is 0 Å². The summed E-state index contributed by atoms with van der Waals surface area (Å²) < 4.78 is 66.5. The summed E-state index contributed by atoms with van der Waals surface area (Å²) in [6.07, 6.45) is -4.00. The minimum Gasteiger partial charge on any atom is -0.201 e. The molecule has 0 unspecified atom stereocenters. The number of hydrogen-bond acceptors (Lipinski definition) is 0. The number of halogens is 5. The van der Waals surface area contributed by atoms with Crippen LogP contribution in [0.4, 0.5) is 22.0 Å². The lowest BCUT2D eigenvalue weighted by Crippen LogP contribution is -2.17. The summed E-state index contributed by atoms with van der Waals surface area (Å²) in [5, 5.41) is 0. The first kappa shape index (κ1) is 16.5. The van der Waals surface area contributed by atoms with Gasteiger partial charge < -0.3 is 0 Å². The standard InChI is InChI=1S/C17H14F5/c1-11-6-7-15(12(2)8-11)16(18,19)10-13-4-3-5-14(9-13)17(20,21)22/h3-10H,1-2H3. The first-order chi connectivity index (χ1) is 10.1. The van der Waals surface area contributed by atoms with Crippen molar-refractivity contribution in [2.24, 2.45) is 0 Å². The Morgan fingerprint density at radius 1 is 0.864 bits per heavy atom. The van der Waals surface area contributed by atoms with Crippen LogP contribution in [-0.2, 0) is 12.1 Å². The molecule has 0 bridgehead atoms. The SMILES string of the molecule is Cc1ccc(C(F)(F)[CH]c2cccc(C(F)(F)F)c2)c(C)c1. The molecule has 0 N–H and O–H groups in total. The van der Waals surface area contributed by atoms with Gasteiger partial charge in [0.25, 0.3) is 5.92 Å². The Hall–Kier alpha value is -1.91. The van der Waals surface area contributed by atoms with Gasteiger partial charge in [-0.05, 0) is 31.0 Å². The minimum atomic E-state index is -4.56. The molecule has 0 saturated carbocycles. The molecule has 0 saturated heterocycles. The highest BCUT2D eigenvalue weighted by Gasteiger charge is 2.35. The molecule has 117 valence electrons. The van der Waals surface area contributed by atoms with E-state index in [1.807, 2.05) is 0 Å². The molecular formula is C17H14F5. The first-order valence-corrected chi connectivity index (χ1v) is 6.58. The molecule has 0 fully saturated rings. The highest BCUT2D eigenvalue weighted by molar-refractivity contribution is 5.40. The zero-order chi connectivity index (χ0) is 16.5. The average molecular weight is 313 g/mol. The fourth-order valence-electron chi connectivity index (χ4n) is 2.28. The monoisotopic (exact) mass is 313 g/mol. The maximum atomic E-state index is 14.3. The maximum absolute atomic E-state index is 14.3. The van der Waals surface area contributed by atoms with Gasteiger partial charge in [0, 0.05) is 5.56 Å². The van der Waals surface area contributed by atoms with Crippen LogP contribution in [0.15, 0.2) is 42.5 Å². The van der Waals surface area contributed by atoms with Crippen LogP contribution in [0.5, 0.6) is 0 Å². The molecule has 0 aromatic heterocycles. The van der Waals surface area contributed by atoms with Crippen LogP contribution < -0.4 is 0 Å². The number of rotatable bonds is 3. The molecule has 0 amide bonds. The van der Waals surface area contributed by atoms with Crippen molar-refractivity contribution in [1.82, 2.24) is 0 Å². The molecule has 1 radical (unpaired) electrons. The number of alkyl halides is 5. The maximum Gasteiger partial charge on any atom is 0.416 e. The van der Waals surface area contributed by atoms with Crippen LogP contribution >= 0.6 is 0 Å². The summed E-state index contributed by atoms with van der Waals surface area (Å²) in [5.74, 6) is -3.35. The van der Waals surface area contributed by atoms with Gasteiger partial charge in [0.1, 0.15) is 0 Å². The molecule has 0 aliphatic heterocycles. The van der Waals surface area contributed by atoms with Crippen molar-refractivity contribution in [3.8, 4) is 0 Å². The van der Waals surface area contributed by atoms with Crippen molar-refractivity contribution in [2.45, 2.75) is 25.9 Å². The zero-order valence-corrected chi connectivity index (χ0v) is 12.0. The van der Waals surface area contributed by atoms with E-state index in [2.05, 4.69) is 0 Å². The van der Waals surface area contributed by atoms with Gasteiger partial charge in [0.2, 0.25) is 0 Å². The molecule has 0 aliphatic carbocycles. The highest BCUT2D eigenvalue weighted by Crippen LogP contribution is 2.37. The lowest BCUT2D eigenvalue weighted by molar-refractivity contribution is -0.137. The molecule has 0 aliphatic rings. The van der Waals surface area contributed by atoms with Crippen LogP contribution in [0.2, 0.25) is 0 Å². The molecule has 2 rings (SSSR count). The smallest absolute Gasteiger partial charge is 0.201 e. The third-order valence-electron chi connectivity index (χ3n) is 3.30. The quantitative estimate of drug-likeness (QED) is 0.641. The second-order valence-electron chi connectivity index (χ2n) is 5.21. The van der Waals surface area contributed by atoms with E-state index >= 15 is 0 Å². The second kappa shape index (κ2) is 5.71. The highest BCUT2D eigenvalue weighted by atomic mass is 19.4. The predicted octanol–water partition coefficient (Wildman–Crippen LogP) is 5.67. The molecule has 0 nitrogen and oxygen atoms in total. The van der Waals surface area contributed by atoms with Crippen molar-refractivity contribution in [3.63, 3.8) is 0 Å². The summed E-state index contributed by atoms with van der Waals surface area (Å²) >= 11 is 0. The normalized spacial score (nSPS) is 12.5. The van der Waals surface area contributed by atoms with Gasteiger partial charge in [-0.2, -0.15) is 13.2 Å². The van der Waals surface area contributed by atoms with E-state index in [0.29, 0.717) is 12.0 Å². The van der Waals surface area contributed by atoms with Crippen molar-refractivity contribution in [3.05, 3.63) is 76.7 Å². The summed E-state index contributed by atoms with van der Waals surface area (Å²) in [6.45, 7) is 3.33. The van der Waals surface area contributed by atoms with Crippen LogP contribution in [0.1, 0.15) is 27.8 Å². The van der Waals surface area contributed by atoms with Crippen molar-refractivity contribution >= 4 is 0 Å². The van der Waals surface area contributed by atoms with Gasteiger partial charge in [-0.1, -0.05) is 42.0 Å². The van der Waals surface area contributed by atoms with Gasteiger partial charge >= 0.3 is 6.18 Å². The summed E-state index contributed by atoms with van der Waals surface area (Å²) in [4.78, 5) is 0. The Morgan fingerprint density at radius 2 is 1.55 bits per heavy atom. The van der Waals surface area contributed by atoms with E-state index in [9.17, 15) is 22.0 Å². The van der Waals surface area contributed by atoms with E-state index in [-0.39, 0.29) is 11.1 Å². The second-order valence-corrected chi connectivity index (χ2v) is 5.21. The molecule has 2 aromatic carbocycles. The van der Waals surface area contributed by atoms with Crippen LogP contribution in [-0.4, -0.2) is 0 Å². The van der Waals surface area contributed by atoms with Gasteiger partial charge in [0.15, 0.2) is 0 Å². The summed E-state index contributed by atoms with van der Waals surface area (Å²) in [7, 11) is 0. The predicted molar refractivity (Wildman–Crippen MR) is 74.7 cm³/mol.